The minimum absolute atomic E-state index is 0.0784. The van der Waals surface area contributed by atoms with Crippen molar-refractivity contribution in [2.75, 3.05) is 6.61 Å². The van der Waals surface area contributed by atoms with Crippen LogP contribution in [0.2, 0.25) is 0 Å². The molecule has 3 atom stereocenters. The third-order valence-corrected chi connectivity index (χ3v) is 11.6. The molecule has 0 fully saturated rings. The number of allylic oxidation sites excluding steroid dienone is 2. The Balaban J connectivity index is 4.57. The van der Waals surface area contributed by atoms with Crippen molar-refractivity contribution in [2.24, 2.45) is 0 Å². The number of esters is 1. The van der Waals surface area contributed by atoms with Gasteiger partial charge >= 0.3 is 5.97 Å². The number of carbonyl (C=O) groups is 2. The molecule has 332 valence electrons. The van der Waals surface area contributed by atoms with Crippen LogP contribution in [0, 0.1) is 0 Å². The molecule has 0 aliphatic carbocycles. The number of hydrogen-bond acceptors (Lipinski definition) is 5. The van der Waals surface area contributed by atoms with Crippen LogP contribution in [0.1, 0.15) is 271 Å². The second-order valence-electron chi connectivity index (χ2n) is 17.2. The van der Waals surface area contributed by atoms with Gasteiger partial charge in [-0.25, -0.2) is 0 Å². The standard InChI is InChI=1S/C50H97NO5/c1-4-7-10-13-16-19-21-23-24-26-27-30-32-35-38-41-46(56-50(55)43-40-37-34-31-28-25-22-20-17-14-11-8-5-2)44-49(54)51-47(45-52)48(53)42-39-36-33-29-18-15-12-9-6-3/h25,28,46-48,52-53H,4-24,26-27,29-45H2,1-3H3,(H,51,54)/b28-25-. The topological polar surface area (TPSA) is 95.9 Å². The quantitative estimate of drug-likeness (QED) is 0.0324. The van der Waals surface area contributed by atoms with Gasteiger partial charge in [0.15, 0.2) is 0 Å². The van der Waals surface area contributed by atoms with Gasteiger partial charge in [-0.1, -0.05) is 219 Å². The zero-order valence-corrected chi connectivity index (χ0v) is 37.8. The van der Waals surface area contributed by atoms with E-state index in [9.17, 15) is 19.8 Å². The summed E-state index contributed by atoms with van der Waals surface area (Å²) in [6.07, 6.45) is 48.4. The van der Waals surface area contributed by atoms with Crippen molar-refractivity contribution in [3.8, 4) is 0 Å². The van der Waals surface area contributed by atoms with Crippen LogP contribution in [0.15, 0.2) is 12.2 Å². The van der Waals surface area contributed by atoms with E-state index in [-0.39, 0.29) is 24.9 Å². The molecule has 0 aromatic heterocycles. The lowest BCUT2D eigenvalue weighted by atomic mass is 10.0. The second-order valence-corrected chi connectivity index (χ2v) is 17.2. The van der Waals surface area contributed by atoms with E-state index in [1.165, 1.54) is 167 Å². The van der Waals surface area contributed by atoms with Crippen LogP contribution >= 0.6 is 0 Å². The minimum atomic E-state index is -0.782. The van der Waals surface area contributed by atoms with Crippen molar-refractivity contribution >= 4 is 11.9 Å². The number of aliphatic hydroxyl groups excluding tert-OH is 2. The summed E-state index contributed by atoms with van der Waals surface area (Å²) in [5.74, 6) is -0.479. The normalized spacial score (nSPS) is 13.3. The van der Waals surface area contributed by atoms with Crippen LogP contribution in [0.25, 0.3) is 0 Å². The molecule has 0 bridgehead atoms. The van der Waals surface area contributed by atoms with E-state index in [0.29, 0.717) is 19.3 Å². The highest BCUT2D eigenvalue weighted by Crippen LogP contribution is 2.18. The van der Waals surface area contributed by atoms with Crippen molar-refractivity contribution in [3.05, 3.63) is 12.2 Å². The molecule has 0 saturated carbocycles. The Labute approximate surface area is 349 Å². The zero-order chi connectivity index (χ0) is 41.0. The van der Waals surface area contributed by atoms with Crippen molar-refractivity contribution in [2.45, 2.75) is 289 Å². The third kappa shape index (κ3) is 39.4. The summed E-state index contributed by atoms with van der Waals surface area (Å²) in [6.45, 7) is 6.47. The molecular formula is C50H97NO5. The molecule has 0 heterocycles. The molecule has 0 aliphatic heterocycles. The lowest BCUT2D eigenvalue weighted by Crippen LogP contribution is -2.46. The molecule has 0 aromatic rings. The Morgan fingerprint density at radius 3 is 1.27 bits per heavy atom. The highest BCUT2D eigenvalue weighted by molar-refractivity contribution is 5.77. The Hall–Kier alpha value is -1.40. The van der Waals surface area contributed by atoms with Crippen LogP contribution in [-0.4, -0.2) is 46.9 Å². The maximum Gasteiger partial charge on any atom is 0.306 e. The molecule has 0 aromatic carbocycles. The summed E-state index contributed by atoms with van der Waals surface area (Å²) in [7, 11) is 0. The van der Waals surface area contributed by atoms with Gasteiger partial charge in [0, 0.05) is 6.42 Å². The summed E-state index contributed by atoms with van der Waals surface area (Å²) < 4.78 is 5.92. The van der Waals surface area contributed by atoms with Crippen LogP contribution in [-0.2, 0) is 14.3 Å². The van der Waals surface area contributed by atoms with Gasteiger partial charge in [-0.05, 0) is 51.4 Å². The van der Waals surface area contributed by atoms with Gasteiger partial charge < -0.3 is 20.3 Å². The van der Waals surface area contributed by atoms with Crippen molar-refractivity contribution in [1.29, 1.82) is 0 Å². The number of aliphatic hydroxyl groups is 2. The van der Waals surface area contributed by atoms with E-state index in [4.69, 9.17) is 4.74 Å². The molecule has 6 nitrogen and oxygen atoms in total. The fourth-order valence-electron chi connectivity index (χ4n) is 7.78. The third-order valence-electron chi connectivity index (χ3n) is 11.6. The number of nitrogens with one attached hydrogen (secondary N) is 1. The minimum Gasteiger partial charge on any atom is -0.462 e. The first-order valence-corrected chi connectivity index (χ1v) is 24.9. The van der Waals surface area contributed by atoms with E-state index in [1.807, 2.05) is 0 Å². The number of unbranched alkanes of at least 4 members (excludes halogenated alkanes) is 31. The summed E-state index contributed by atoms with van der Waals surface area (Å²) in [4.78, 5) is 26.0. The zero-order valence-electron chi connectivity index (χ0n) is 37.8. The Kier molecular flexibility index (Phi) is 43.6. The second kappa shape index (κ2) is 44.7. The largest absolute Gasteiger partial charge is 0.462 e. The van der Waals surface area contributed by atoms with Crippen molar-refractivity contribution in [3.63, 3.8) is 0 Å². The highest BCUT2D eigenvalue weighted by Gasteiger charge is 2.24. The van der Waals surface area contributed by atoms with Gasteiger partial charge in [0.05, 0.1) is 25.2 Å². The molecule has 0 spiro atoms. The monoisotopic (exact) mass is 792 g/mol. The van der Waals surface area contributed by atoms with E-state index in [0.717, 1.165) is 57.8 Å². The summed E-state index contributed by atoms with van der Waals surface area (Å²) in [6, 6.07) is -0.696. The Bertz CT molecular complexity index is 847. The van der Waals surface area contributed by atoms with Gasteiger partial charge in [-0.2, -0.15) is 0 Å². The SMILES string of the molecule is CCCCCCCC/C=C\CCCCCC(=O)OC(CCCCCCCCCCCCCCCCC)CC(=O)NC(CO)C(O)CCCCCCCCCCC. The van der Waals surface area contributed by atoms with Gasteiger partial charge in [-0.3, -0.25) is 9.59 Å². The highest BCUT2D eigenvalue weighted by atomic mass is 16.5. The average Bonchev–Trinajstić information content (AvgIpc) is 3.19. The predicted octanol–water partition coefficient (Wildman–Crippen LogP) is 14.6. The number of carbonyl (C=O) groups excluding carboxylic acids is 2. The predicted molar refractivity (Wildman–Crippen MR) is 241 cm³/mol. The molecule has 1 amide bonds. The first-order chi connectivity index (χ1) is 27.5. The maximum atomic E-state index is 13.1. The van der Waals surface area contributed by atoms with Crippen LogP contribution in [0.5, 0.6) is 0 Å². The average molecular weight is 792 g/mol. The fraction of sp³-hybridized carbons (Fsp3) is 0.920. The lowest BCUT2D eigenvalue weighted by Gasteiger charge is -2.24. The molecule has 3 unspecified atom stereocenters. The van der Waals surface area contributed by atoms with E-state index >= 15 is 0 Å². The lowest BCUT2D eigenvalue weighted by molar-refractivity contribution is -0.151. The molecule has 6 heteroatoms. The molecule has 0 radical (unpaired) electrons. The van der Waals surface area contributed by atoms with Gasteiger partial charge in [0.25, 0.3) is 0 Å². The molecule has 0 rings (SSSR count). The molecule has 3 N–H and O–H groups in total. The number of rotatable bonds is 45. The number of amides is 1. The summed E-state index contributed by atoms with van der Waals surface area (Å²) in [5.41, 5.74) is 0. The Morgan fingerprint density at radius 2 is 0.857 bits per heavy atom. The molecule has 0 aliphatic rings. The van der Waals surface area contributed by atoms with Gasteiger partial charge in [0.1, 0.15) is 6.10 Å². The van der Waals surface area contributed by atoms with Crippen molar-refractivity contribution in [1.82, 2.24) is 5.32 Å². The van der Waals surface area contributed by atoms with Gasteiger partial charge in [0.2, 0.25) is 5.91 Å². The summed E-state index contributed by atoms with van der Waals surface area (Å²) in [5, 5.41) is 23.6. The van der Waals surface area contributed by atoms with Gasteiger partial charge in [-0.15, -0.1) is 0 Å². The van der Waals surface area contributed by atoms with Crippen LogP contribution in [0.4, 0.5) is 0 Å². The van der Waals surface area contributed by atoms with E-state index in [1.54, 1.807) is 0 Å². The van der Waals surface area contributed by atoms with E-state index in [2.05, 4.69) is 38.2 Å². The fourth-order valence-corrected chi connectivity index (χ4v) is 7.78. The smallest absolute Gasteiger partial charge is 0.306 e. The van der Waals surface area contributed by atoms with E-state index < -0.39 is 18.2 Å². The first kappa shape index (κ1) is 54.6. The molecule has 0 saturated heterocycles. The number of ether oxygens (including phenoxy) is 1. The maximum absolute atomic E-state index is 13.1. The molecule has 56 heavy (non-hydrogen) atoms. The number of hydrogen-bond donors (Lipinski definition) is 3. The Morgan fingerprint density at radius 1 is 0.500 bits per heavy atom. The van der Waals surface area contributed by atoms with Crippen LogP contribution < -0.4 is 5.32 Å². The first-order valence-electron chi connectivity index (χ1n) is 24.9. The van der Waals surface area contributed by atoms with Crippen molar-refractivity contribution < 1.29 is 24.5 Å². The summed E-state index contributed by atoms with van der Waals surface area (Å²) >= 11 is 0. The van der Waals surface area contributed by atoms with Crippen LogP contribution in [0.3, 0.4) is 0 Å². The molecular weight excluding hydrogens is 695 g/mol.